The van der Waals surface area contributed by atoms with Gasteiger partial charge in [0.2, 0.25) is 0 Å². The molecule has 4 heteroatoms. The third-order valence-corrected chi connectivity index (χ3v) is 3.61. The van der Waals surface area contributed by atoms with Crippen molar-refractivity contribution in [3.63, 3.8) is 0 Å². The van der Waals surface area contributed by atoms with Crippen molar-refractivity contribution in [1.82, 2.24) is 15.3 Å². The largest absolute Gasteiger partial charge is 0.355 e. The van der Waals surface area contributed by atoms with Crippen LogP contribution in [0.2, 0.25) is 0 Å². The highest BCUT2D eigenvalue weighted by Crippen LogP contribution is 2.30. The molecule has 2 rings (SSSR count). The summed E-state index contributed by atoms with van der Waals surface area (Å²) in [6.45, 7) is 11.9. The monoisotopic (exact) mass is 262 g/mol. The van der Waals surface area contributed by atoms with Crippen LogP contribution in [0.5, 0.6) is 0 Å². The molecule has 1 saturated heterocycles. The SMILES string of the molecule is CC(C)NCc1cnc(N2CCCC(C)(C)C2)cn1. The quantitative estimate of drug-likeness (QED) is 0.905. The summed E-state index contributed by atoms with van der Waals surface area (Å²) in [5.74, 6) is 1.01. The molecule has 19 heavy (non-hydrogen) atoms. The number of hydrogen-bond acceptors (Lipinski definition) is 4. The first-order valence-corrected chi connectivity index (χ1v) is 7.25. The van der Waals surface area contributed by atoms with Gasteiger partial charge in [0.25, 0.3) is 0 Å². The van der Waals surface area contributed by atoms with E-state index in [4.69, 9.17) is 0 Å². The van der Waals surface area contributed by atoms with E-state index in [2.05, 4.69) is 47.9 Å². The smallest absolute Gasteiger partial charge is 0.147 e. The van der Waals surface area contributed by atoms with Crippen molar-refractivity contribution in [3.05, 3.63) is 18.1 Å². The van der Waals surface area contributed by atoms with Gasteiger partial charge < -0.3 is 10.2 Å². The zero-order chi connectivity index (χ0) is 13.9. The number of nitrogens with zero attached hydrogens (tertiary/aromatic N) is 3. The molecular weight excluding hydrogens is 236 g/mol. The average Bonchev–Trinajstić information content (AvgIpc) is 2.36. The Morgan fingerprint density at radius 1 is 1.32 bits per heavy atom. The van der Waals surface area contributed by atoms with Gasteiger partial charge in [-0.3, -0.25) is 4.98 Å². The van der Waals surface area contributed by atoms with E-state index in [1.807, 2.05) is 12.4 Å². The van der Waals surface area contributed by atoms with Crippen LogP contribution < -0.4 is 10.2 Å². The predicted octanol–water partition coefficient (Wildman–Crippen LogP) is 2.60. The second-order valence-electron chi connectivity index (χ2n) is 6.59. The van der Waals surface area contributed by atoms with Crippen molar-refractivity contribution in [2.75, 3.05) is 18.0 Å². The van der Waals surface area contributed by atoms with Crippen LogP contribution >= 0.6 is 0 Å². The lowest BCUT2D eigenvalue weighted by Crippen LogP contribution is -2.40. The summed E-state index contributed by atoms with van der Waals surface area (Å²) in [7, 11) is 0. The number of anilines is 1. The Labute approximate surface area is 116 Å². The van der Waals surface area contributed by atoms with Crippen LogP contribution in [0.25, 0.3) is 0 Å². The molecule has 0 radical (unpaired) electrons. The minimum atomic E-state index is 0.387. The summed E-state index contributed by atoms with van der Waals surface area (Å²) >= 11 is 0. The van der Waals surface area contributed by atoms with Gasteiger partial charge in [-0.15, -0.1) is 0 Å². The van der Waals surface area contributed by atoms with Gasteiger partial charge in [-0.2, -0.15) is 0 Å². The zero-order valence-electron chi connectivity index (χ0n) is 12.6. The van der Waals surface area contributed by atoms with Crippen LogP contribution in [-0.4, -0.2) is 29.1 Å². The maximum Gasteiger partial charge on any atom is 0.147 e. The van der Waals surface area contributed by atoms with E-state index in [0.29, 0.717) is 11.5 Å². The first-order chi connectivity index (χ1) is 8.96. The topological polar surface area (TPSA) is 41.1 Å². The molecule has 0 aliphatic carbocycles. The van der Waals surface area contributed by atoms with E-state index < -0.39 is 0 Å². The number of rotatable bonds is 4. The lowest BCUT2D eigenvalue weighted by atomic mass is 9.84. The van der Waals surface area contributed by atoms with Crippen molar-refractivity contribution < 1.29 is 0 Å². The summed E-state index contributed by atoms with van der Waals surface area (Å²) in [6.07, 6.45) is 6.35. The van der Waals surface area contributed by atoms with Crippen molar-refractivity contribution in [3.8, 4) is 0 Å². The van der Waals surface area contributed by atoms with Crippen LogP contribution in [-0.2, 0) is 6.54 Å². The fourth-order valence-corrected chi connectivity index (χ4v) is 2.53. The first-order valence-electron chi connectivity index (χ1n) is 7.25. The first kappa shape index (κ1) is 14.3. The van der Waals surface area contributed by atoms with Gasteiger partial charge in [0.05, 0.1) is 18.1 Å². The highest BCUT2D eigenvalue weighted by atomic mass is 15.2. The molecule has 0 saturated carbocycles. The van der Waals surface area contributed by atoms with E-state index in [1.54, 1.807) is 0 Å². The zero-order valence-corrected chi connectivity index (χ0v) is 12.6. The summed E-state index contributed by atoms with van der Waals surface area (Å²) in [5, 5.41) is 3.36. The van der Waals surface area contributed by atoms with Gasteiger partial charge >= 0.3 is 0 Å². The standard InChI is InChI=1S/C15H26N4/c1-12(2)16-8-13-9-18-14(10-17-13)19-7-5-6-15(3,4)11-19/h9-10,12,16H,5-8,11H2,1-4H3. The molecule has 2 heterocycles. The second kappa shape index (κ2) is 5.87. The molecule has 4 nitrogen and oxygen atoms in total. The maximum absolute atomic E-state index is 4.57. The van der Waals surface area contributed by atoms with Crippen LogP contribution in [0.1, 0.15) is 46.2 Å². The highest BCUT2D eigenvalue weighted by molar-refractivity contribution is 5.36. The van der Waals surface area contributed by atoms with Crippen molar-refractivity contribution in [1.29, 1.82) is 0 Å². The Morgan fingerprint density at radius 3 is 2.68 bits per heavy atom. The number of piperidine rings is 1. The molecule has 0 unspecified atom stereocenters. The minimum Gasteiger partial charge on any atom is -0.355 e. The Kier molecular flexibility index (Phi) is 4.40. The van der Waals surface area contributed by atoms with Gasteiger partial charge in [-0.25, -0.2) is 4.98 Å². The molecule has 0 amide bonds. The molecule has 1 aromatic rings. The van der Waals surface area contributed by atoms with Gasteiger partial charge in [0.1, 0.15) is 5.82 Å². The van der Waals surface area contributed by atoms with E-state index in [1.165, 1.54) is 12.8 Å². The number of aromatic nitrogens is 2. The van der Waals surface area contributed by atoms with Crippen molar-refractivity contribution >= 4 is 5.82 Å². The molecule has 106 valence electrons. The lowest BCUT2D eigenvalue weighted by molar-refractivity contribution is 0.292. The van der Waals surface area contributed by atoms with Crippen molar-refractivity contribution in [2.45, 2.75) is 53.1 Å². The van der Waals surface area contributed by atoms with Crippen LogP contribution in [0.15, 0.2) is 12.4 Å². The van der Waals surface area contributed by atoms with Gasteiger partial charge in [-0.1, -0.05) is 27.7 Å². The third kappa shape index (κ3) is 4.16. The second-order valence-corrected chi connectivity index (χ2v) is 6.59. The molecule has 1 fully saturated rings. The minimum absolute atomic E-state index is 0.387. The fraction of sp³-hybridized carbons (Fsp3) is 0.733. The van der Waals surface area contributed by atoms with Gasteiger partial charge in [0.15, 0.2) is 0 Å². The predicted molar refractivity (Wildman–Crippen MR) is 79.2 cm³/mol. The molecule has 1 aliphatic rings. The molecule has 0 aromatic carbocycles. The van der Waals surface area contributed by atoms with E-state index >= 15 is 0 Å². The van der Waals surface area contributed by atoms with Crippen LogP contribution in [0.3, 0.4) is 0 Å². The Bertz CT molecular complexity index is 397. The molecule has 0 bridgehead atoms. The highest BCUT2D eigenvalue weighted by Gasteiger charge is 2.27. The molecule has 0 atom stereocenters. The van der Waals surface area contributed by atoms with Crippen LogP contribution in [0.4, 0.5) is 5.82 Å². The van der Waals surface area contributed by atoms with Crippen LogP contribution in [0, 0.1) is 5.41 Å². The third-order valence-electron chi connectivity index (χ3n) is 3.61. The molecule has 1 aromatic heterocycles. The summed E-state index contributed by atoms with van der Waals surface area (Å²) in [4.78, 5) is 11.4. The molecule has 1 aliphatic heterocycles. The number of hydrogen-bond donors (Lipinski definition) is 1. The molecular formula is C15H26N4. The van der Waals surface area contributed by atoms with Gasteiger partial charge in [0, 0.05) is 25.7 Å². The Morgan fingerprint density at radius 2 is 2.11 bits per heavy atom. The maximum atomic E-state index is 4.57. The normalized spacial score (nSPS) is 18.9. The number of nitrogens with one attached hydrogen (secondary N) is 1. The summed E-state index contributed by atoms with van der Waals surface area (Å²) in [6, 6.07) is 0.476. The Hall–Kier alpha value is -1.16. The van der Waals surface area contributed by atoms with E-state index in [9.17, 15) is 0 Å². The van der Waals surface area contributed by atoms with Gasteiger partial charge in [-0.05, 0) is 18.3 Å². The Balaban J connectivity index is 1.98. The summed E-state index contributed by atoms with van der Waals surface area (Å²) < 4.78 is 0. The van der Waals surface area contributed by atoms with E-state index in [-0.39, 0.29) is 0 Å². The van der Waals surface area contributed by atoms with Crippen molar-refractivity contribution in [2.24, 2.45) is 5.41 Å². The average molecular weight is 262 g/mol. The molecule has 1 N–H and O–H groups in total. The fourth-order valence-electron chi connectivity index (χ4n) is 2.53. The van der Waals surface area contributed by atoms with E-state index in [0.717, 1.165) is 31.1 Å². The lowest BCUT2D eigenvalue weighted by Gasteiger charge is -2.38. The molecule has 0 spiro atoms. The summed E-state index contributed by atoms with van der Waals surface area (Å²) in [5.41, 5.74) is 1.39.